The molecule has 1 aromatic heterocycles. The zero-order valence-corrected chi connectivity index (χ0v) is 11.8. The van der Waals surface area contributed by atoms with Crippen LogP contribution in [0.5, 0.6) is 0 Å². The van der Waals surface area contributed by atoms with E-state index in [0.29, 0.717) is 21.8 Å². The molecule has 1 saturated heterocycles. The summed E-state index contributed by atoms with van der Waals surface area (Å²) in [6.07, 6.45) is 1.90. The number of aliphatic hydroxyl groups excluding tert-OH is 1. The summed E-state index contributed by atoms with van der Waals surface area (Å²) in [5.74, 6) is 1.93. The average Bonchev–Trinajstić information content (AvgIpc) is 2.78. The van der Waals surface area contributed by atoms with Crippen molar-refractivity contribution < 1.29 is 5.11 Å². The molecule has 0 amide bonds. The molecular weight excluding hydrogens is 273 g/mol. The van der Waals surface area contributed by atoms with Gasteiger partial charge in [-0.05, 0) is 24.8 Å². The molecule has 2 rings (SSSR count). The first-order valence-corrected chi connectivity index (χ1v) is 6.81. The van der Waals surface area contributed by atoms with E-state index in [4.69, 9.17) is 28.3 Å². The summed E-state index contributed by atoms with van der Waals surface area (Å²) in [4.78, 5) is 6.61. The summed E-state index contributed by atoms with van der Waals surface area (Å²) in [7, 11) is 1.78. The Hall–Kier alpha value is -0.710. The predicted molar refractivity (Wildman–Crippen MR) is 75.8 cm³/mol. The van der Waals surface area contributed by atoms with Crippen LogP contribution in [0.4, 0.5) is 11.6 Å². The van der Waals surface area contributed by atoms with E-state index in [9.17, 15) is 0 Å². The first-order chi connectivity index (χ1) is 8.65. The van der Waals surface area contributed by atoms with E-state index in [1.807, 2.05) is 0 Å². The lowest BCUT2D eigenvalue weighted by Crippen LogP contribution is -2.21. The molecule has 1 aliphatic rings. The summed E-state index contributed by atoms with van der Waals surface area (Å²) in [5, 5.41) is 13.0. The number of halogens is 2. The summed E-state index contributed by atoms with van der Waals surface area (Å²) in [6.45, 7) is 2.04. The molecule has 0 saturated carbocycles. The minimum absolute atomic E-state index is 0.238. The molecule has 100 valence electrons. The lowest BCUT2D eigenvalue weighted by molar-refractivity contribution is 0.263. The van der Waals surface area contributed by atoms with Crippen LogP contribution in [0, 0.1) is 5.92 Å². The van der Waals surface area contributed by atoms with Crippen molar-refractivity contribution in [2.24, 2.45) is 5.92 Å². The normalized spacial score (nSPS) is 19.3. The van der Waals surface area contributed by atoms with E-state index in [2.05, 4.69) is 15.2 Å². The van der Waals surface area contributed by atoms with E-state index in [-0.39, 0.29) is 6.61 Å². The van der Waals surface area contributed by atoms with Gasteiger partial charge in [-0.15, -0.1) is 0 Å². The minimum Gasteiger partial charge on any atom is -0.396 e. The molecule has 0 radical (unpaired) electrons. The predicted octanol–water partition coefficient (Wildman–Crippen LogP) is 2.64. The smallest absolute Gasteiger partial charge is 0.149 e. The Kier molecular flexibility index (Phi) is 4.54. The number of anilines is 2. The molecule has 1 aliphatic heterocycles. The fourth-order valence-corrected chi connectivity index (χ4v) is 2.87. The largest absolute Gasteiger partial charge is 0.396 e. The molecule has 0 aromatic carbocycles. The maximum absolute atomic E-state index is 8.97. The second-order valence-electron chi connectivity index (χ2n) is 4.49. The average molecular weight is 290 g/mol. The Labute approximate surface area is 117 Å². The highest BCUT2D eigenvalue weighted by Crippen LogP contribution is 2.34. The van der Waals surface area contributed by atoms with E-state index in [1.54, 1.807) is 13.1 Å². The quantitative estimate of drug-likeness (QED) is 0.895. The second-order valence-corrected chi connectivity index (χ2v) is 5.30. The molecular formula is C12H17Cl2N3O. The van der Waals surface area contributed by atoms with Gasteiger partial charge in [0, 0.05) is 26.7 Å². The Morgan fingerprint density at radius 3 is 2.94 bits per heavy atom. The Balaban J connectivity index is 2.18. The van der Waals surface area contributed by atoms with E-state index in [1.165, 1.54) is 0 Å². The summed E-state index contributed by atoms with van der Waals surface area (Å²) < 4.78 is 0. The van der Waals surface area contributed by atoms with Gasteiger partial charge in [-0.3, -0.25) is 0 Å². The number of aromatic nitrogens is 1. The molecule has 6 heteroatoms. The minimum atomic E-state index is 0.238. The number of pyridine rings is 1. The molecule has 1 atom stereocenters. The van der Waals surface area contributed by atoms with Crippen molar-refractivity contribution in [2.45, 2.75) is 12.8 Å². The maximum atomic E-state index is 8.97. The zero-order valence-electron chi connectivity index (χ0n) is 10.3. The number of aliphatic hydroxyl groups is 1. The maximum Gasteiger partial charge on any atom is 0.149 e. The Morgan fingerprint density at radius 1 is 1.50 bits per heavy atom. The van der Waals surface area contributed by atoms with Gasteiger partial charge < -0.3 is 15.3 Å². The van der Waals surface area contributed by atoms with Gasteiger partial charge in [0.15, 0.2) is 0 Å². The van der Waals surface area contributed by atoms with Crippen molar-refractivity contribution in [2.75, 3.05) is 37.0 Å². The van der Waals surface area contributed by atoms with Crippen LogP contribution in [-0.4, -0.2) is 36.8 Å². The van der Waals surface area contributed by atoms with E-state index < -0.39 is 0 Å². The number of rotatable bonds is 4. The van der Waals surface area contributed by atoms with Crippen LogP contribution in [0.15, 0.2) is 6.07 Å². The molecule has 2 N–H and O–H groups in total. The van der Waals surface area contributed by atoms with Crippen LogP contribution in [0.3, 0.4) is 0 Å². The lowest BCUT2D eigenvalue weighted by Gasteiger charge is -2.20. The first kappa shape index (κ1) is 13.7. The molecule has 0 bridgehead atoms. The van der Waals surface area contributed by atoms with Crippen LogP contribution in [0.1, 0.15) is 12.8 Å². The highest BCUT2D eigenvalue weighted by Gasteiger charge is 2.25. The summed E-state index contributed by atoms with van der Waals surface area (Å²) in [5.41, 5.74) is 0. The van der Waals surface area contributed by atoms with Crippen LogP contribution >= 0.6 is 23.2 Å². The third kappa shape index (κ3) is 2.82. The van der Waals surface area contributed by atoms with Gasteiger partial charge >= 0.3 is 0 Å². The topological polar surface area (TPSA) is 48.4 Å². The second kappa shape index (κ2) is 5.95. The van der Waals surface area contributed by atoms with Crippen molar-refractivity contribution in [1.82, 2.24) is 4.98 Å². The zero-order chi connectivity index (χ0) is 13.1. The Bertz CT molecular complexity index is 428. The molecule has 1 unspecified atom stereocenters. The number of hydrogen-bond acceptors (Lipinski definition) is 4. The molecule has 1 aromatic rings. The molecule has 4 nitrogen and oxygen atoms in total. The molecule has 0 aliphatic carbocycles. The van der Waals surface area contributed by atoms with Gasteiger partial charge in [-0.2, -0.15) is 0 Å². The fourth-order valence-electron chi connectivity index (χ4n) is 2.30. The van der Waals surface area contributed by atoms with Crippen LogP contribution in [-0.2, 0) is 0 Å². The number of hydrogen-bond donors (Lipinski definition) is 2. The molecule has 0 spiro atoms. The van der Waals surface area contributed by atoms with Crippen molar-refractivity contribution in [3.63, 3.8) is 0 Å². The van der Waals surface area contributed by atoms with Crippen molar-refractivity contribution in [3.8, 4) is 0 Å². The third-order valence-electron chi connectivity index (χ3n) is 3.27. The van der Waals surface area contributed by atoms with Crippen molar-refractivity contribution in [1.29, 1.82) is 0 Å². The fraction of sp³-hybridized carbons (Fsp3) is 0.583. The third-order valence-corrected chi connectivity index (χ3v) is 3.84. The van der Waals surface area contributed by atoms with Gasteiger partial charge in [-0.1, -0.05) is 23.2 Å². The van der Waals surface area contributed by atoms with Gasteiger partial charge in [0.2, 0.25) is 0 Å². The number of nitrogens with zero attached hydrogens (tertiary/aromatic N) is 2. The highest BCUT2D eigenvalue weighted by molar-refractivity contribution is 6.37. The Morgan fingerprint density at radius 2 is 2.28 bits per heavy atom. The molecule has 18 heavy (non-hydrogen) atoms. The van der Waals surface area contributed by atoms with Crippen LogP contribution < -0.4 is 10.2 Å². The van der Waals surface area contributed by atoms with Gasteiger partial charge in [0.05, 0.1) is 10.0 Å². The first-order valence-electron chi connectivity index (χ1n) is 6.05. The molecule has 1 fully saturated rings. The van der Waals surface area contributed by atoms with E-state index >= 15 is 0 Å². The van der Waals surface area contributed by atoms with Gasteiger partial charge in [0.1, 0.15) is 11.6 Å². The summed E-state index contributed by atoms with van der Waals surface area (Å²) >= 11 is 12.2. The van der Waals surface area contributed by atoms with Crippen LogP contribution in [0.2, 0.25) is 10.0 Å². The summed E-state index contributed by atoms with van der Waals surface area (Å²) in [6, 6.07) is 1.72. The highest BCUT2D eigenvalue weighted by atomic mass is 35.5. The van der Waals surface area contributed by atoms with Crippen molar-refractivity contribution >= 4 is 34.8 Å². The lowest BCUT2D eigenvalue weighted by atomic mass is 10.1. The van der Waals surface area contributed by atoms with E-state index in [0.717, 1.165) is 31.7 Å². The number of nitrogens with one attached hydrogen (secondary N) is 1. The monoisotopic (exact) mass is 289 g/mol. The molecule has 2 heterocycles. The van der Waals surface area contributed by atoms with Crippen molar-refractivity contribution in [3.05, 3.63) is 16.1 Å². The SMILES string of the molecule is CNc1nc(N2CCC(CCO)C2)c(Cl)cc1Cl. The van der Waals surface area contributed by atoms with Crippen LogP contribution in [0.25, 0.3) is 0 Å². The van der Waals surface area contributed by atoms with Gasteiger partial charge in [-0.25, -0.2) is 4.98 Å². The standard InChI is InChI=1S/C12H17Cl2N3O/c1-15-11-9(13)6-10(14)12(16-11)17-4-2-8(7-17)3-5-18/h6,8,18H,2-5,7H2,1H3,(H,15,16). The van der Waals surface area contributed by atoms with Gasteiger partial charge in [0.25, 0.3) is 0 Å².